The minimum Gasteiger partial charge on any atom is -0.352 e. The predicted octanol–water partition coefficient (Wildman–Crippen LogP) is 4.18. The number of nitrogens with zero attached hydrogens (tertiary/aromatic N) is 1. The Labute approximate surface area is 178 Å². The number of hydrogen-bond acceptors (Lipinski definition) is 3. The molecule has 1 amide bonds. The molecule has 0 fully saturated rings. The van der Waals surface area contributed by atoms with Crippen LogP contribution in [0, 0.1) is 6.92 Å². The molecule has 0 unspecified atom stereocenters. The van der Waals surface area contributed by atoms with Crippen LogP contribution in [0.4, 0.5) is 5.69 Å². The van der Waals surface area contributed by atoms with Crippen molar-refractivity contribution in [1.82, 2.24) is 5.32 Å². The van der Waals surface area contributed by atoms with Crippen LogP contribution in [0.3, 0.4) is 0 Å². The molecule has 0 aromatic heterocycles. The van der Waals surface area contributed by atoms with E-state index >= 15 is 0 Å². The SMILES string of the molecule is Cc1ccccc1N(C)S(=O)(=O)c1cccc(C(=O)NCCCc2ccccc2)c1. The van der Waals surface area contributed by atoms with Crippen LogP contribution in [0.15, 0.2) is 83.8 Å². The lowest BCUT2D eigenvalue weighted by Crippen LogP contribution is -2.28. The lowest BCUT2D eigenvalue weighted by Gasteiger charge is -2.21. The molecule has 0 radical (unpaired) electrons. The molecule has 0 saturated heterocycles. The van der Waals surface area contributed by atoms with Crippen molar-refractivity contribution >= 4 is 21.6 Å². The number of aryl methyl sites for hydroxylation is 2. The molecule has 30 heavy (non-hydrogen) atoms. The second-order valence-corrected chi connectivity index (χ2v) is 9.10. The molecule has 156 valence electrons. The van der Waals surface area contributed by atoms with Crippen molar-refractivity contribution in [1.29, 1.82) is 0 Å². The van der Waals surface area contributed by atoms with E-state index in [1.807, 2.05) is 37.3 Å². The smallest absolute Gasteiger partial charge is 0.264 e. The lowest BCUT2D eigenvalue weighted by molar-refractivity contribution is 0.0953. The molecule has 0 aliphatic rings. The van der Waals surface area contributed by atoms with E-state index in [9.17, 15) is 13.2 Å². The Balaban J connectivity index is 1.67. The second-order valence-electron chi connectivity index (χ2n) is 7.13. The molecule has 0 heterocycles. The highest BCUT2D eigenvalue weighted by Crippen LogP contribution is 2.25. The van der Waals surface area contributed by atoms with Gasteiger partial charge in [-0.05, 0) is 55.2 Å². The van der Waals surface area contributed by atoms with Gasteiger partial charge in [0.25, 0.3) is 15.9 Å². The van der Waals surface area contributed by atoms with Crippen molar-refractivity contribution in [2.24, 2.45) is 0 Å². The average Bonchev–Trinajstić information content (AvgIpc) is 2.77. The summed E-state index contributed by atoms with van der Waals surface area (Å²) >= 11 is 0. The van der Waals surface area contributed by atoms with Gasteiger partial charge in [-0.1, -0.05) is 54.6 Å². The Hall–Kier alpha value is -3.12. The molecule has 0 saturated carbocycles. The first-order chi connectivity index (χ1) is 14.4. The van der Waals surface area contributed by atoms with Crippen molar-refractivity contribution in [2.45, 2.75) is 24.7 Å². The van der Waals surface area contributed by atoms with E-state index in [1.54, 1.807) is 24.3 Å². The van der Waals surface area contributed by atoms with E-state index in [-0.39, 0.29) is 10.8 Å². The van der Waals surface area contributed by atoms with Gasteiger partial charge < -0.3 is 5.32 Å². The van der Waals surface area contributed by atoms with Gasteiger partial charge in [-0.25, -0.2) is 8.42 Å². The number of carbonyl (C=O) groups is 1. The molecule has 3 aromatic carbocycles. The summed E-state index contributed by atoms with van der Waals surface area (Å²) in [6, 6.07) is 23.5. The molecule has 1 N–H and O–H groups in total. The van der Waals surface area contributed by atoms with Crippen LogP contribution in [-0.4, -0.2) is 27.9 Å². The maximum Gasteiger partial charge on any atom is 0.264 e. The number of para-hydroxylation sites is 1. The molecule has 6 heteroatoms. The van der Waals surface area contributed by atoms with Gasteiger partial charge in [-0.15, -0.1) is 0 Å². The van der Waals surface area contributed by atoms with Gasteiger partial charge in [0.1, 0.15) is 0 Å². The molecule has 0 atom stereocenters. The van der Waals surface area contributed by atoms with Crippen LogP contribution < -0.4 is 9.62 Å². The van der Waals surface area contributed by atoms with Gasteiger partial charge in [-0.3, -0.25) is 9.10 Å². The predicted molar refractivity (Wildman–Crippen MR) is 120 cm³/mol. The van der Waals surface area contributed by atoms with Crippen LogP contribution in [0.5, 0.6) is 0 Å². The van der Waals surface area contributed by atoms with Crippen LogP contribution >= 0.6 is 0 Å². The summed E-state index contributed by atoms with van der Waals surface area (Å²) in [5.74, 6) is -0.279. The average molecular weight is 423 g/mol. The van der Waals surface area contributed by atoms with E-state index in [1.165, 1.54) is 29.0 Å². The molecular weight excluding hydrogens is 396 g/mol. The number of sulfonamides is 1. The molecule has 5 nitrogen and oxygen atoms in total. The Morgan fingerprint density at radius 1 is 0.933 bits per heavy atom. The minimum atomic E-state index is -3.78. The summed E-state index contributed by atoms with van der Waals surface area (Å²) in [5.41, 5.74) is 3.01. The van der Waals surface area contributed by atoms with Crippen molar-refractivity contribution in [3.63, 3.8) is 0 Å². The fourth-order valence-corrected chi connectivity index (χ4v) is 4.55. The third-order valence-corrected chi connectivity index (χ3v) is 6.75. The standard InChI is InChI=1S/C24H26N2O3S/c1-19-10-6-7-16-23(19)26(2)30(28,29)22-15-8-14-21(18-22)24(27)25-17-9-13-20-11-4-3-5-12-20/h3-8,10-12,14-16,18H,9,13,17H2,1-2H3,(H,25,27). The zero-order chi connectivity index (χ0) is 21.6. The van der Waals surface area contributed by atoms with Crippen LogP contribution in [-0.2, 0) is 16.4 Å². The monoisotopic (exact) mass is 422 g/mol. The van der Waals surface area contributed by atoms with Crippen LogP contribution in [0.1, 0.15) is 27.9 Å². The van der Waals surface area contributed by atoms with Gasteiger partial charge in [0.15, 0.2) is 0 Å². The third kappa shape index (κ3) is 5.07. The Kier molecular flexibility index (Phi) is 6.90. The first-order valence-corrected chi connectivity index (χ1v) is 11.3. The van der Waals surface area contributed by atoms with Gasteiger partial charge in [0, 0.05) is 19.2 Å². The number of anilines is 1. The summed E-state index contributed by atoms with van der Waals surface area (Å²) in [7, 11) is -2.26. The number of hydrogen-bond donors (Lipinski definition) is 1. The summed E-state index contributed by atoms with van der Waals surface area (Å²) < 4.78 is 27.4. The molecule has 0 aliphatic heterocycles. The Bertz CT molecular complexity index is 1110. The highest BCUT2D eigenvalue weighted by Gasteiger charge is 2.23. The second kappa shape index (κ2) is 9.59. The quantitative estimate of drug-likeness (QED) is 0.554. The number of carbonyl (C=O) groups excluding carboxylic acids is 1. The highest BCUT2D eigenvalue weighted by atomic mass is 32.2. The topological polar surface area (TPSA) is 66.5 Å². The van der Waals surface area contributed by atoms with Crippen LogP contribution in [0.2, 0.25) is 0 Å². The van der Waals surface area contributed by atoms with E-state index in [0.29, 0.717) is 17.8 Å². The lowest BCUT2D eigenvalue weighted by atomic mass is 10.1. The van der Waals surface area contributed by atoms with Crippen molar-refractivity contribution in [3.05, 3.63) is 95.6 Å². The summed E-state index contributed by atoms with van der Waals surface area (Å²) in [4.78, 5) is 12.6. The largest absolute Gasteiger partial charge is 0.352 e. The molecule has 3 aromatic rings. The van der Waals surface area contributed by atoms with Crippen molar-refractivity contribution < 1.29 is 13.2 Å². The zero-order valence-corrected chi connectivity index (χ0v) is 18.0. The van der Waals surface area contributed by atoms with Gasteiger partial charge in [0.2, 0.25) is 0 Å². The molecule has 3 rings (SSSR count). The maximum absolute atomic E-state index is 13.1. The normalized spacial score (nSPS) is 11.1. The summed E-state index contributed by atoms with van der Waals surface area (Å²) in [5, 5.41) is 2.87. The molecule has 0 aliphatic carbocycles. The maximum atomic E-state index is 13.1. The first kappa shape index (κ1) is 21.6. The molecule has 0 bridgehead atoms. The Morgan fingerprint density at radius 3 is 2.37 bits per heavy atom. The number of benzene rings is 3. The molecule has 0 spiro atoms. The third-order valence-electron chi connectivity index (χ3n) is 4.98. The van der Waals surface area contributed by atoms with E-state index in [4.69, 9.17) is 0 Å². The van der Waals surface area contributed by atoms with E-state index in [0.717, 1.165) is 18.4 Å². The Morgan fingerprint density at radius 2 is 1.63 bits per heavy atom. The molecular formula is C24H26N2O3S. The highest BCUT2D eigenvalue weighted by molar-refractivity contribution is 7.92. The first-order valence-electron chi connectivity index (χ1n) is 9.86. The van der Waals surface area contributed by atoms with E-state index in [2.05, 4.69) is 17.4 Å². The number of rotatable bonds is 8. The summed E-state index contributed by atoms with van der Waals surface area (Å²) in [6.45, 7) is 2.38. The van der Waals surface area contributed by atoms with Gasteiger partial charge >= 0.3 is 0 Å². The fraction of sp³-hybridized carbons (Fsp3) is 0.208. The van der Waals surface area contributed by atoms with E-state index < -0.39 is 10.0 Å². The van der Waals surface area contributed by atoms with Gasteiger partial charge in [-0.2, -0.15) is 0 Å². The van der Waals surface area contributed by atoms with Crippen molar-refractivity contribution in [3.8, 4) is 0 Å². The number of nitrogens with one attached hydrogen (secondary N) is 1. The van der Waals surface area contributed by atoms with Crippen molar-refractivity contribution in [2.75, 3.05) is 17.9 Å². The van der Waals surface area contributed by atoms with Crippen LogP contribution in [0.25, 0.3) is 0 Å². The van der Waals surface area contributed by atoms with Gasteiger partial charge in [0.05, 0.1) is 10.6 Å². The number of amides is 1. The minimum absolute atomic E-state index is 0.0881. The fourth-order valence-electron chi connectivity index (χ4n) is 3.24. The summed E-state index contributed by atoms with van der Waals surface area (Å²) in [6.07, 6.45) is 1.68. The zero-order valence-electron chi connectivity index (χ0n) is 17.2.